The topological polar surface area (TPSA) is 174 Å². The van der Waals surface area contributed by atoms with E-state index in [1.165, 1.54) is 12.4 Å². The molecule has 1 aromatic rings. The van der Waals surface area contributed by atoms with E-state index in [0.29, 0.717) is 0 Å². The van der Waals surface area contributed by atoms with Gasteiger partial charge in [0.05, 0.1) is 6.61 Å². The molecule has 2 rings (SSSR count). The van der Waals surface area contributed by atoms with Crippen molar-refractivity contribution in [3.8, 4) is 0 Å². The van der Waals surface area contributed by atoms with Crippen LogP contribution in [0.1, 0.15) is 0 Å². The summed E-state index contributed by atoms with van der Waals surface area (Å²) in [5.74, 6) is -0.751. The summed E-state index contributed by atoms with van der Waals surface area (Å²) >= 11 is 0. The van der Waals surface area contributed by atoms with Gasteiger partial charge in [-0.15, -0.1) is 0 Å². The zero-order chi connectivity index (χ0) is 15.6. The number of ether oxygens (including phenoxy) is 1. The summed E-state index contributed by atoms with van der Waals surface area (Å²) in [6, 6.07) is 0. The number of nitrogens with zero attached hydrogens (tertiary/aromatic N) is 1. The highest BCUT2D eigenvalue weighted by atomic mass is 31.2. The van der Waals surface area contributed by atoms with Gasteiger partial charge >= 0.3 is 7.82 Å². The average Bonchev–Trinajstić information content (AvgIpc) is 2.98. The van der Waals surface area contributed by atoms with Crippen LogP contribution in [0.5, 0.6) is 0 Å². The van der Waals surface area contributed by atoms with Gasteiger partial charge in [0.15, 0.2) is 6.10 Å². The Morgan fingerprint density at radius 1 is 1.57 bits per heavy atom. The third kappa shape index (κ3) is 3.86. The number of carbonyl (C=O) groups excluding carboxylic acids is 1. The van der Waals surface area contributed by atoms with Gasteiger partial charge in [-0.25, -0.2) is 9.55 Å². The summed E-state index contributed by atoms with van der Waals surface area (Å²) in [6.45, 7) is -0.646. The van der Waals surface area contributed by atoms with Crippen LogP contribution in [0.4, 0.5) is 5.95 Å². The normalized spacial score (nSPS) is 29.5. The van der Waals surface area contributed by atoms with E-state index in [1.807, 2.05) is 0 Å². The Morgan fingerprint density at radius 3 is 2.81 bits per heavy atom. The lowest BCUT2D eigenvalue weighted by Crippen LogP contribution is -2.41. The second-order valence-electron chi connectivity index (χ2n) is 4.26. The van der Waals surface area contributed by atoms with Crippen LogP contribution in [0.25, 0.3) is 0 Å². The fourth-order valence-corrected chi connectivity index (χ4v) is 2.45. The van der Waals surface area contributed by atoms with E-state index in [0.717, 1.165) is 0 Å². The third-order valence-electron chi connectivity index (χ3n) is 2.77. The number of phosphoric acid groups is 1. The van der Waals surface area contributed by atoms with Crippen molar-refractivity contribution in [3.05, 3.63) is 12.4 Å². The Kier molecular flexibility index (Phi) is 4.74. The molecule has 1 aliphatic rings. The molecule has 0 aliphatic carbocycles. The number of aromatic nitrogens is 2. The van der Waals surface area contributed by atoms with Gasteiger partial charge in [-0.2, -0.15) is 0 Å². The predicted octanol–water partition coefficient (Wildman–Crippen LogP) is -2.05. The standard InChI is InChI=1S/C9H14N3O8P/c13-3-4-5(14)6(20-21(16,17)18)7(19-4)8(15)12-9-10-1-2-11-9/h1-2,4-7,13-14H,3H2,(H2,16,17,18)(H2,10,11,12,15)/t4-,5-,6-,7?/m1/s1. The van der Waals surface area contributed by atoms with Gasteiger partial charge in [-0.3, -0.25) is 14.6 Å². The number of hydrogen-bond donors (Lipinski definition) is 6. The van der Waals surface area contributed by atoms with Crippen molar-refractivity contribution in [2.75, 3.05) is 11.9 Å². The molecule has 12 heteroatoms. The minimum absolute atomic E-state index is 0.0838. The number of carbonyl (C=O) groups is 1. The van der Waals surface area contributed by atoms with Crippen molar-refractivity contribution in [3.63, 3.8) is 0 Å². The summed E-state index contributed by atoms with van der Waals surface area (Å²) in [4.78, 5) is 36.0. The summed E-state index contributed by atoms with van der Waals surface area (Å²) < 4.78 is 20.4. The minimum Gasteiger partial charge on any atom is -0.394 e. The molecule has 0 radical (unpaired) electrons. The van der Waals surface area contributed by atoms with Crippen molar-refractivity contribution in [1.82, 2.24) is 9.97 Å². The highest BCUT2D eigenvalue weighted by molar-refractivity contribution is 7.46. The minimum atomic E-state index is -4.96. The van der Waals surface area contributed by atoms with Crippen molar-refractivity contribution in [2.24, 2.45) is 0 Å². The van der Waals surface area contributed by atoms with Gasteiger partial charge in [0.25, 0.3) is 5.91 Å². The quantitative estimate of drug-likeness (QED) is 0.333. The van der Waals surface area contributed by atoms with E-state index in [1.54, 1.807) is 0 Å². The van der Waals surface area contributed by atoms with Crippen molar-refractivity contribution in [2.45, 2.75) is 24.4 Å². The molecule has 2 heterocycles. The zero-order valence-electron chi connectivity index (χ0n) is 10.5. The van der Waals surface area contributed by atoms with E-state index in [4.69, 9.17) is 19.6 Å². The van der Waals surface area contributed by atoms with E-state index in [9.17, 15) is 14.5 Å². The van der Waals surface area contributed by atoms with E-state index >= 15 is 0 Å². The van der Waals surface area contributed by atoms with Gasteiger partial charge < -0.3 is 29.7 Å². The molecule has 1 unspecified atom stereocenters. The Labute approximate surface area is 118 Å². The lowest BCUT2D eigenvalue weighted by atomic mass is 10.1. The largest absolute Gasteiger partial charge is 0.470 e. The summed E-state index contributed by atoms with van der Waals surface area (Å²) in [7, 11) is -4.96. The second kappa shape index (κ2) is 6.20. The maximum atomic E-state index is 12.0. The number of phosphoric ester groups is 1. The third-order valence-corrected chi connectivity index (χ3v) is 3.29. The van der Waals surface area contributed by atoms with E-state index in [2.05, 4.69) is 19.8 Å². The number of rotatable bonds is 5. The SMILES string of the molecule is O=C(Nc1ncc[nH]1)C1O[C@H](CO)[C@@H](O)[C@H]1OP(=O)(O)O. The number of imidazole rings is 1. The molecule has 1 amide bonds. The molecule has 1 saturated heterocycles. The number of hydrogen-bond acceptors (Lipinski definition) is 7. The lowest BCUT2D eigenvalue weighted by Gasteiger charge is -2.20. The zero-order valence-corrected chi connectivity index (χ0v) is 11.4. The van der Waals surface area contributed by atoms with Crippen molar-refractivity contribution in [1.29, 1.82) is 0 Å². The summed E-state index contributed by atoms with van der Waals surface area (Å²) in [5.41, 5.74) is 0. The number of aliphatic hydroxyl groups excluding tert-OH is 2. The number of aliphatic hydroxyl groups is 2. The first-order chi connectivity index (χ1) is 9.81. The first-order valence-corrected chi connectivity index (χ1v) is 7.33. The van der Waals surface area contributed by atoms with Crippen LogP contribution in [0.3, 0.4) is 0 Å². The molecule has 0 bridgehead atoms. The molecule has 1 fully saturated rings. The van der Waals surface area contributed by atoms with Crippen LogP contribution in [-0.2, 0) is 18.6 Å². The van der Waals surface area contributed by atoms with Crippen molar-refractivity contribution >= 4 is 19.7 Å². The maximum Gasteiger partial charge on any atom is 0.470 e. The van der Waals surface area contributed by atoms with E-state index in [-0.39, 0.29) is 5.95 Å². The predicted molar refractivity (Wildman–Crippen MR) is 65.9 cm³/mol. The molecule has 6 N–H and O–H groups in total. The fraction of sp³-hybridized carbons (Fsp3) is 0.556. The first kappa shape index (κ1) is 16.0. The van der Waals surface area contributed by atoms with E-state index < -0.39 is 44.8 Å². The number of nitrogens with one attached hydrogen (secondary N) is 2. The molecule has 11 nitrogen and oxygen atoms in total. The molecular weight excluding hydrogens is 309 g/mol. The first-order valence-electron chi connectivity index (χ1n) is 5.80. The van der Waals surface area contributed by atoms with Crippen LogP contribution >= 0.6 is 7.82 Å². The summed E-state index contributed by atoms with van der Waals surface area (Å²) in [5, 5.41) is 21.1. The monoisotopic (exact) mass is 323 g/mol. The van der Waals surface area contributed by atoms with Crippen LogP contribution < -0.4 is 5.32 Å². The smallest absolute Gasteiger partial charge is 0.394 e. The van der Waals surface area contributed by atoms with Gasteiger partial charge in [-0.1, -0.05) is 0 Å². The second-order valence-corrected chi connectivity index (χ2v) is 5.45. The Bertz CT molecular complexity index is 531. The van der Waals surface area contributed by atoms with Crippen LogP contribution in [0.15, 0.2) is 12.4 Å². The molecule has 1 aliphatic heterocycles. The molecule has 21 heavy (non-hydrogen) atoms. The van der Waals surface area contributed by atoms with Crippen molar-refractivity contribution < 1.29 is 38.6 Å². The highest BCUT2D eigenvalue weighted by Gasteiger charge is 2.50. The van der Waals surface area contributed by atoms with Crippen LogP contribution in [0, 0.1) is 0 Å². The van der Waals surface area contributed by atoms with Gasteiger partial charge in [0.2, 0.25) is 5.95 Å². The number of amides is 1. The fourth-order valence-electron chi connectivity index (χ4n) is 1.90. The average molecular weight is 323 g/mol. The van der Waals surface area contributed by atoms with Crippen LogP contribution in [0.2, 0.25) is 0 Å². The molecule has 118 valence electrons. The summed E-state index contributed by atoms with van der Waals surface area (Å²) in [6.07, 6.45) is -3.10. The number of anilines is 1. The Balaban J connectivity index is 2.14. The van der Waals surface area contributed by atoms with Gasteiger partial charge in [0, 0.05) is 12.4 Å². The Hall–Kier alpha value is -1.33. The molecule has 0 saturated carbocycles. The molecule has 0 aromatic carbocycles. The lowest BCUT2D eigenvalue weighted by molar-refractivity contribution is -0.130. The molecule has 0 spiro atoms. The van der Waals surface area contributed by atoms with Gasteiger partial charge in [-0.05, 0) is 0 Å². The highest BCUT2D eigenvalue weighted by Crippen LogP contribution is 2.42. The van der Waals surface area contributed by atoms with Crippen LogP contribution in [-0.4, -0.2) is 66.9 Å². The number of aromatic amines is 1. The Morgan fingerprint density at radius 2 is 2.29 bits per heavy atom. The molecule has 1 aromatic heterocycles. The molecule has 4 atom stereocenters. The van der Waals surface area contributed by atoms with Gasteiger partial charge in [0.1, 0.15) is 18.3 Å². The maximum absolute atomic E-state index is 12.0. The number of H-pyrrole nitrogens is 1. The molecular formula is C9H14N3O8P.